The van der Waals surface area contributed by atoms with Crippen LogP contribution in [0.2, 0.25) is 5.02 Å². The molecule has 0 unspecified atom stereocenters. The number of ether oxygens (including phenoxy) is 1. The van der Waals surface area contributed by atoms with Gasteiger partial charge in [0.1, 0.15) is 17.2 Å². The molecule has 3 aromatic heterocycles. The Bertz CT molecular complexity index is 1550. The van der Waals surface area contributed by atoms with Crippen LogP contribution in [0.25, 0.3) is 22.2 Å². The van der Waals surface area contributed by atoms with E-state index in [4.69, 9.17) is 21.3 Å². The van der Waals surface area contributed by atoms with E-state index in [1.54, 1.807) is 37.8 Å². The average molecular weight is 499 g/mol. The lowest BCUT2D eigenvalue weighted by atomic mass is 10.1. The first kappa shape index (κ1) is 23.3. The minimum Gasteiger partial charge on any atom is -0.457 e. The lowest BCUT2D eigenvalue weighted by molar-refractivity contribution is 0.0958. The van der Waals surface area contributed by atoms with Crippen LogP contribution < -0.4 is 15.4 Å². The number of hydrogen-bond donors (Lipinski definition) is 2. The van der Waals surface area contributed by atoms with E-state index in [-0.39, 0.29) is 11.6 Å². The van der Waals surface area contributed by atoms with Crippen molar-refractivity contribution < 1.29 is 9.53 Å². The molecule has 0 spiro atoms. The summed E-state index contributed by atoms with van der Waals surface area (Å²) in [7, 11) is 1.56. The van der Waals surface area contributed by atoms with Gasteiger partial charge in [0.05, 0.1) is 11.0 Å². The second kappa shape index (κ2) is 10.1. The van der Waals surface area contributed by atoms with Gasteiger partial charge in [-0.1, -0.05) is 11.6 Å². The Morgan fingerprint density at radius 2 is 1.81 bits per heavy atom. The number of nitrogens with one attached hydrogen (secondary N) is 2. The number of carbonyl (C=O) groups excluding carboxylic acids is 1. The van der Waals surface area contributed by atoms with Crippen molar-refractivity contribution in [2.75, 3.05) is 12.4 Å². The van der Waals surface area contributed by atoms with Gasteiger partial charge in [0, 0.05) is 60.6 Å². The molecule has 0 saturated carbocycles. The molecule has 9 heteroatoms. The third-order valence-electron chi connectivity index (χ3n) is 5.68. The quantitative estimate of drug-likeness (QED) is 0.283. The summed E-state index contributed by atoms with van der Waals surface area (Å²) in [5.41, 5.74) is 4.79. The number of imidazole rings is 1. The summed E-state index contributed by atoms with van der Waals surface area (Å²) in [6.45, 7) is 2.79. The number of anilines is 2. The molecule has 8 nitrogen and oxygen atoms in total. The number of pyridine rings is 2. The van der Waals surface area contributed by atoms with E-state index in [1.165, 1.54) is 0 Å². The molecule has 180 valence electrons. The first-order chi connectivity index (χ1) is 17.6. The maximum atomic E-state index is 11.9. The highest BCUT2D eigenvalue weighted by Crippen LogP contribution is 2.33. The molecular weight excluding hydrogens is 476 g/mol. The first-order valence-electron chi connectivity index (χ1n) is 11.4. The highest BCUT2D eigenvalue weighted by Gasteiger charge is 2.13. The number of hydrogen-bond acceptors (Lipinski definition) is 6. The van der Waals surface area contributed by atoms with Crippen molar-refractivity contribution in [2.45, 2.75) is 13.5 Å². The van der Waals surface area contributed by atoms with Crippen LogP contribution in [0.4, 0.5) is 11.6 Å². The summed E-state index contributed by atoms with van der Waals surface area (Å²) in [5, 5.41) is 6.65. The molecule has 0 fully saturated rings. The van der Waals surface area contributed by atoms with Gasteiger partial charge in [-0.2, -0.15) is 0 Å². The van der Waals surface area contributed by atoms with Crippen LogP contribution in [0.3, 0.4) is 0 Å². The summed E-state index contributed by atoms with van der Waals surface area (Å²) >= 11 is 6.47. The largest absolute Gasteiger partial charge is 0.457 e. The van der Waals surface area contributed by atoms with Gasteiger partial charge in [0.2, 0.25) is 5.95 Å². The predicted octanol–water partition coefficient (Wildman–Crippen LogP) is 6.06. The van der Waals surface area contributed by atoms with Gasteiger partial charge in [-0.15, -0.1) is 0 Å². The van der Waals surface area contributed by atoms with E-state index in [9.17, 15) is 4.79 Å². The van der Waals surface area contributed by atoms with E-state index in [0.717, 1.165) is 34.4 Å². The fourth-order valence-electron chi connectivity index (χ4n) is 3.94. The normalized spacial score (nSPS) is 10.9. The Balaban J connectivity index is 1.44. The zero-order valence-corrected chi connectivity index (χ0v) is 20.5. The Morgan fingerprint density at radius 3 is 2.58 bits per heavy atom. The number of carbonyl (C=O) groups is 1. The van der Waals surface area contributed by atoms with Gasteiger partial charge in [-0.25, -0.2) is 4.98 Å². The summed E-state index contributed by atoms with van der Waals surface area (Å²) in [6, 6.07) is 18.7. The summed E-state index contributed by atoms with van der Waals surface area (Å²) in [6.07, 6.45) is 5.03. The Labute approximate surface area is 213 Å². The molecule has 0 aliphatic carbocycles. The van der Waals surface area contributed by atoms with E-state index in [2.05, 4.69) is 32.1 Å². The lowest BCUT2D eigenvalue weighted by Gasteiger charge is -2.11. The van der Waals surface area contributed by atoms with Crippen LogP contribution in [0.15, 0.2) is 79.3 Å². The fraction of sp³-hybridized carbons (Fsp3) is 0.111. The summed E-state index contributed by atoms with van der Waals surface area (Å²) in [4.78, 5) is 24.8. The third kappa shape index (κ3) is 4.71. The van der Waals surface area contributed by atoms with Crippen LogP contribution in [0.5, 0.6) is 11.5 Å². The van der Waals surface area contributed by atoms with Crippen molar-refractivity contribution >= 4 is 40.2 Å². The molecule has 0 aliphatic heterocycles. The molecular formula is C27H23ClN6O2. The summed E-state index contributed by atoms with van der Waals surface area (Å²) in [5.74, 6) is 1.55. The minimum absolute atomic E-state index is 0.275. The molecule has 0 radical (unpaired) electrons. The lowest BCUT2D eigenvalue weighted by Crippen LogP contribution is -2.18. The van der Waals surface area contributed by atoms with Crippen molar-refractivity contribution in [2.24, 2.45) is 0 Å². The smallest absolute Gasteiger partial charge is 0.269 e. The molecule has 3 heterocycles. The van der Waals surface area contributed by atoms with Crippen LogP contribution >= 0.6 is 11.6 Å². The van der Waals surface area contributed by atoms with Crippen molar-refractivity contribution in [3.63, 3.8) is 0 Å². The van der Waals surface area contributed by atoms with Crippen molar-refractivity contribution in [3.8, 4) is 22.6 Å². The van der Waals surface area contributed by atoms with Gasteiger partial charge in [0.15, 0.2) is 0 Å². The fourth-order valence-corrected chi connectivity index (χ4v) is 4.16. The van der Waals surface area contributed by atoms with Crippen LogP contribution in [-0.4, -0.2) is 32.5 Å². The Hall–Kier alpha value is -4.43. The highest BCUT2D eigenvalue weighted by atomic mass is 35.5. The van der Waals surface area contributed by atoms with Crippen molar-refractivity contribution in [3.05, 3.63) is 90.0 Å². The minimum atomic E-state index is -0.275. The van der Waals surface area contributed by atoms with Gasteiger partial charge < -0.3 is 19.9 Å². The predicted molar refractivity (Wildman–Crippen MR) is 141 cm³/mol. The standard InChI is InChI=1S/C27H23ClN6O2/c1-3-34-25-7-5-19(36-20-10-13-31-24(16-20)26(35)29-2)15-23(25)33-27(34)32-18-4-6-22(28)21(14-18)17-8-11-30-12-9-17/h4-16H,3H2,1-2H3,(H,29,35)(H,32,33). The zero-order chi connectivity index (χ0) is 25.1. The molecule has 0 aliphatic rings. The maximum Gasteiger partial charge on any atom is 0.269 e. The maximum absolute atomic E-state index is 11.9. The van der Waals surface area contributed by atoms with Crippen molar-refractivity contribution in [1.82, 2.24) is 24.8 Å². The molecule has 0 atom stereocenters. The number of fused-ring (bicyclic) bond motifs is 1. The van der Waals surface area contributed by atoms with E-state index < -0.39 is 0 Å². The number of rotatable bonds is 7. The number of halogens is 1. The molecule has 5 rings (SSSR count). The van der Waals surface area contributed by atoms with E-state index >= 15 is 0 Å². The average Bonchev–Trinajstić information content (AvgIpc) is 3.26. The molecule has 5 aromatic rings. The van der Waals surface area contributed by atoms with Crippen LogP contribution in [-0.2, 0) is 6.54 Å². The molecule has 2 aromatic carbocycles. The van der Waals surface area contributed by atoms with Crippen LogP contribution in [0, 0.1) is 0 Å². The molecule has 1 amide bonds. The topological polar surface area (TPSA) is 94.0 Å². The second-order valence-corrected chi connectivity index (χ2v) is 8.35. The van der Waals surface area contributed by atoms with Gasteiger partial charge in [-0.3, -0.25) is 14.8 Å². The number of aromatic nitrogens is 4. The second-order valence-electron chi connectivity index (χ2n) is 7.94. The van der Waals surface area contributed by atoms with Gasteiger partial charge >= 0.3 is 0 Å². The zero-order valence-electron chi connectivity index (χ0n) is 19.7. The Morgan fingerprint density at radius 1 is 1.00 bits per heavy atom. The number of benzene rings is 2. The van der Waals surface area contributed by atoms with E-state index in [0.29, 0.717) is 22.5 Å². The molecule has 2 N–H and O–H groups in total. The monoisotopic (exact) mass is 498 g/mol. The molecule has 0 bridgehead atoms. The van der Waals surface area contributed by atoms with E-state index in [1.807, 2.05) is 48.5 Å². The highest BCUT2D eigenvalue weighted by molar-refractivity contribution is 6.33. The summed E-state index contributed by atoms with van der Waals surface area (Å²) < 4.78 is 8.08. The molecule has 0 saturated heterocycles. The third-order valence-corrected chi connectivity index (χ3v) is 6.01. The van der Waals surface area contributed by atoms with Gasteiger partial charge in [0.25, 0.3) is 5.91 Å². The number of amides is 1. The Kier molecular flexibility index (Phi) is 6.51. The van der Waals surface area contributed by atoms with Crippen molar-refractivity contribution in [1.29, 1.82) is 0 Å². The van der Waals surface area contributed by atoms with Crippen LogP contribution in [0.1, 0.15) is 17.4 Å². The number of aryl methyl sites for hydroxylation is 1. The first-order valence-corrected chi connectivity index (χ1v) is 11.8. The molecule has 36 heavy (non-hydrogen) atoms. The number of nitrogens with zero attached hydrogens (tertiary/aromatic N) is 4. The SMILES string of the molecule is CCn1c(Nc2ccc(Cl)c(-c3ccncc3)c2)nc2cc(Oc3ccnc(C(=O)NC)c3)ccc21. The van der Waals surface area contributed by atoms with Gasteiger partial charge in [-0.05, 0) is 61.0 Å².